The minimum atomic E-state index is -0.177. The van der Waals surface area contributed by atoms with Crippen molar-refractivity contribution < 1.29 is 9.53 Å². The number of carbonyl (C=O) groups excluding carboxylic acids is 1. The number of esters is 1. The minimum absolute atomic E-state index is 0.0627. The van der Waals surface area contributed by atoms with Gasteiger partial charge >= 0.3 is 5.97 Å². The lowest BCUT2D eigenvalue weighted by atomic mass is 10.0. The van der Waals surface area contributed by atoms with E-state index in [1.807, 2.05) is 0 Å². The Labute approximate surface area is 115 Å². The van der Waals surface area contributed by atoms with Gasteiger partial charge < -0.3 is 4.74 Å². The number of hydrogen-bond acceptors (Lipinski definition) is 5. The van der Waals surface area contributed by atoms with E-state index in [4.69, 9.17) is 4.74 Å². The zero-order chi connectivity index (χ0) is 14.3. The largest absolute Gasteiger partial charge is 0.469 e. The van der Waals surface area contributed by atoms with Crippen molar-refractivity contribution in [2.45, 2.75) is 6.54 Å². The van der Waals surface area contributed by atoms with Gasteiger partial charge in [0.25, 0.3) is 5.56 Å². The topological polar surface area (TPSA) is 68.8 Å². The Morgan fingerprint density at radius 1 is 1.50 bits per heavy atom. The van der Waals surface area contributed by atoms with Crippen molar-refractivity contribution in [1.29, 1.82) is 0 Å². The van der Waals surface area contributed by atoms with Gasteiger partial charge in [0.2, 0.25) is 0 Å². The molecule has 3 rings (SSSR count). The van der Waals surface area contributed by atoms with Gasteiger partial charge in [-0.05, 0) is 12.1 Å². The van der Waals surface area contributed by atoms with Crippen LogP contribution in [-0.4, -0.2) is 45.2 Å². The van der Waals surface area contributed by atoms with Crippen molar-refractivity contribution in [2.24, 2.45) is 13.0 Å². The van der Waals surface area contributed by atoms with Gasteiger partial charge in [0, 0.05) is 26.3 Å². The number of carbonyl (C=O) groups is 1. The van der Waals surface area contributed by atoms with E-state index in [1.165, 1.54) is 7.11 Å². The molecule has 1 aliphatic rings. The first kappa shape index (κ1) is 12.9. The van der Waals surface area contributed by atoms with E-state index in [2.05, 4.69) is 10.00 Å². The highest BCUT2D eigenvalue weighted by Gasteiger charge is 2.33. The van der Waals surface area contributed by atoms with Gasteiger partial charge in [-0.25, -0.2) is 4.52 Å². The molecule has 0 saturated carbocycles. The zero-order valence-electron chi connectivity index (χ0n) is 11.4. The average Bonchev–Trinajstić information content (AvgIpc) is 2.86. The molecule has 7 nitrogen and oxygen atoms in total. The van der Waals surface area contributed by atoms with Gasteiger partial charge in [-0.1, -0.05) is 0 Å². The molecule has 2 aromatic rings. The highest BCUT2D eigenvalue weighted by atomic mass is 16.5. The number of methoxy groups -OCH3 is 1. The van der Waals surface area contributed by atoms with Crippen LogP contribution in [0.2, 0.25) is 0 Å². The second kappa shape index (κ2) is 4.75. The Balaban J connectivity index is 1.78. The SMILES string of the molecule is COC(=O)C1CN(Cc2nn3cccc3c(=O)n2C)C1. The molecule has 20 heavy (non-hydrogen) atoms. The molecule has 0 unspecified atom stereocenters. The number of fused-ring (bicyclic) bond motifs is 1. The molecule has 1 saturated heterocycles. The van der Waals surface area contributed by atoms with Crippen LogP contribution >= 0.6 is 0 Å². The Hall–Kier alpha value is -2.15. The van der Waals surface area contributed by atoms with Crippen molar-refractivity contribution in [3.05, 3.63) is 34.5 Å². The standard InChI is InChI=1S/C13H16N4O3/c1-15-11(8-16-6-9(7-16)13(19)20-2)14-17-5-3-4-10(17)12(15)18/h3-5,9H,6-8H2,1-2H3. The van der Waals surface area contributed by atoms with Crippen molar-refractivity contribution in [3.8, 4) is 0 Å². The van der Waals surface area contributed by atoms with Crippen LogP contribution in [0.15, 0.2) is 23.1 Å². The summed E-state index contributed by atoms with van der Waals surface area (Å²) < 4.78 is 7.85. The van der Waals surface area contributed by atoms with E-state index in [0.717, 1.165) is 0 Å². The first-order valence-corrected chi connectivity index (χ1v) is 6.43. The van der Waals surface area contributed by atoms with Crippen molar-refractivity contribution in [1.82, 2.24) is 19.1 Å². The smallest absolute Gasteiger partial charge is 0.311 e. The highest BCUT2D eigenvalue weighted by Crippen LogP contribution is 2.18. The summed E-state index contributed by atoms with van der Waals surface area (Å²) in [5.74, 6) is 0.443. The lowest BCUT2D eigenvalue weighted by molar-refractivity contribution is -0.151. The van der Waals surface area contributed by atoms with Gasteiger partial charge in [0.15, 0.2) is 0 Å². The lowest BCUT2D eigenvalue weighted by Gasteiger charge is -2.37. The van der Waals surface area contributed by atoms with E-state index in [-0.39, 0.29) is 17.4 Å². The maximum absolute atomic E-state index is 12.1. The second-order valence-electron chi connectivity index (χ2n) is 5.03. The Morgan fingerprint density at radius 3 is 2.95 bits per heavy atom. The van der Waals surface area contributed by atoms with Crippen LogP contribution in [0.3, 0.4) is 0 Å². The predicted molar refractivity (Wildman–Crippen MR) is 71.2 cm³/mol. The molecular weight excluding hydrogens is 260 g/mol. The van der Waals surface area contributed by atoms with Crippen molar-refractivity contribution in [3.63, 3.8) is 0 Å². The number of aromatic nitrogens is 3. The van der Waals surface area contributed by atoms with Crippen LogP contribution in [0.25, 0.3) is 5.52 Å². The quantitative estimate of drug-likeness (QED) is 0.716. The van der Waals surface area contributed by atoms with E-state index >= 15 is 0 Å². The summed E-state index contributed by atoms with van der Waals surface area (Å²) in [6.07, 6.45) is 1.76. The first-order chi connectivity index (χ1) is 9.60. The Kier molecular flexibility index (Phi) is 3.06. The lowest BCUT2D eigenvalue weighted by Crippen LogP contribution is -2.50. The summed E-state index contributed by atoms with van der Waals surface area (Å²) in [4.78, 5) is 25.5. The molecule has 1 fully saturated rings. The average molecular weight is 276 g/mol. The first-order valence-electron chi connectivity index (χ1n) is 6.43. The monoisotopic (exact) mass is 276 g/mol. The van der Waals surface area contributed by atoms with Gasteiger partial charge in [0.1, 0.15) is 11.3 Å². The van der Waals surface area contributed by atoms with E-state index < -0.39 is 0 Å². The number of nitrogens with zero attached hydrogens (tertiary/aromatic N) is 4. The third-order valence-electron chi connectivity index (χ3n) is 3.72. The van der Waals surface area contributed by atoms with E-state index in [9.17, 15) is 9.59 Å². The Morgan fingerprint density at radius 2 is 2.25 bits per heavy atom. The third-order valence-corrected chi connectivity index (χ3v) is 3.72. The maximum Gasteiger partial charge on any atom is 0.311 e. The van der Waals surface area contributed by atoms with Crippen LogP contribution in [0.5, 0.6) is 0 Å². The summed E-state index contributed by atoms with van der Waals surface area (Å²) in [5.41, 5.74) is 0.498. The molecule has 0 aromatic carbocycles. The summed E-state index contributed by atoms with van der Waals surface area (Å²) in [6, 6.07) is 3.54. The molecule has 0 radical (unpaired) electrons. The molecule has 3 heterocycles. The number of ether oxygens (including phenoxy) is 1. The molecule has 0 spiro atoms. The Bertz CT molecular complexity index is 712. The summed E-state index contributed by atoms with van der Waals surface area (Å²) >= 11 is 0. The van der Waals surface area contributed by atoms with E-state index in [1.54, 1.807) is 34.5 Å². The van der Waals surface area contributed by atoms with Crippen LogP contribution in [-0.2, 0) is 23.1 Å². The summed E-state index contributed by atoms with van der Waals surface area (Å²) in [7, 11) is 3.12. The van der Waals surface area contributed by atoms with Crippen LogP contribution in [0.4, 0.5) is 0 Å². The molecule has 0 atom stereocenters. The molecule has 2 aromatic heterocycles. The fraction of sp³-hybridized carbons (Fsp3) is 0.462. The molecule has 0 bridgehead atoms. The van der Waals surface area contributed by atoms with Gasteiger partial charge in [-0.3, -0.25) is 19.1 Å². The fourth-order valence-electron chi connectivity index (χ4n) is 2.46. The predicted octanol–water partition coefficient (Wildman–Crippen LogP) is -0.362. The van der Waals surface area contributed by atoms with Crippen LogP contribution < -0.4 is 5.56 Å². The van der Waals surface area contributed by atoms with Crippen molar-refractivity contribution >= 4 is 11.5 Å². The van der Waals surface area contributed by atoms with Gasteiger partial charge in [0.05, 0.1) is 19.6 Å². The number of rotatable bonds is 3. The van der Waals surface area contributed by atoms with E-state index in [0.29, 0.717) is 31.0 Å². The number of hydrogen-bond donors (Lipinski definition) is 0. The third kappa shape index (κ3) is 2.00. The molecule has 7 heteroatoms. The number of likely N-dealkylation sites (tertiary alicyclic amines) is 1. The van der Waals surface area contributed by atoms with Crippen LogP contribution in [0.1, 0.15) is 5.82 Å². The summed E-state index contributed by atoms with van der Waals surface area (Å²) in [6.45, 7) is 1.84. The summed E-state index contributed by atoms with van der Waals surface area (Å²) in [5, 5.41) is 4.43. The zero-order valence-corrected chi connectivity index (χ0v) is 11.4. The molecule has 106 valence electrons. The second-order valence-corrected chi connectivity index (χ2v) is 5.03. The van der Waals surface area contributed by atoms with Gasteiger partial charge in [-0.15, -0.1) is 0 Å². The maximum atomic E-state index is 12.1. The normalized spacial score (nSPS) is 16.3. The highest BCUT2D eigenvalue weighted by molar-refractivity contribution is 5.73. The molecular formula is C13H16N4O3. The van der Waals surface area contributed by atoms with Crippen molar-refractivity contribution in [2.75, 3.05) is 20.2 Å². The molecule has 0 amide bonds. The molecule has 0 N–H and O–H groups in total. The minimum Gasteiger partial charge on any atom is -0.469 e. The molecule has 1 aliphatic heterocycles. The fourth-order valence-corrected chi connectivity index (χ4v) is 2.46. The molecule has 0 aliphatic carbocycles. The van der Waals surface area contributed by atoms with Gasteiger partial charge in [-0.2, -0.15) is 5.10 Å². The van der Waals surface area contributed by atoms with Crippen LogP contribution in [0, 0.1) is 5.92 Å².